The Balaban J connectivity index is 2.27. The lowest BCUT2D eigenvalue weighted by Crippen LogP contribution is -2.20. The monoisotopic (exact) mass is 325 g/mol. The van der Waals surface area contributed by atoms with E-state index in [1.807, 2.05) is 0 Å². The van der Waals surface area contributed by atoms with Crippen LogP contribution in [-0.4, -0.2) is 13.0 Å². The van der Waals surface area contributed by atoms with Gasteiger partial charge in [0, 0.05) is 12.6 Å². The van der Waals surface area contributed by atoms with Gasteiger partial charge in [0.1, 0.15) is 0 Å². The van der Waals surface area contributed by atoms with Gasteiger partial charge in [0.25, 0.3) is 5.91 Å². The molecule has 2 aromatic rings. The molecule has 0 aliphatic carbocycles. The van der Waals surface area contributed by atoms with Crippen molar-refractivity contribution < 1.29 is 26.7 Å². The van der Waals surface area contributed by atoms with Crippen LogP contribution in [0.4, 0.5) is 27.6 Å². The summed E-state index contributed by atoms with van der Waals surface area (Å²) in [7, 11) is 1.44. The summed E-state index contributed by atoms with van der Waals surface area (Å²) < 4.78 is 67.1. The van der Waals surface area contributed by atoms with Crippen molar-refractivity contribution in [1.82, 2.24) is 0 Å². The van der Waals surface area contributed by atoms with Gasteiger partial charge in [0.05, 0.1) is 16.8 Å². The number of carbonyl (C=O) groups is 1. The second kappa shape index (κ2) is 5.19. The molecule has 0 saturated carbocycles. The van der Waals surface area contributed by atoms with Gasteiger partial charge in [-0.2, -0.15) is 0 Å². The Morgan fingerprint density at radius 2 is 1.39 bits per heavy atom. The zero-order chi connectivity index (χ0) is 16.9. The zero-order valence-corrected chi connectivity index (χ0v) is 11.6. The van der Waals surface area contributed by atoms with E-state index in [-0.39, 0.29) is 5.57 Å². The van der Waals surface area contributed by atoms with Crippen LogP contribution < -0.4 is 4.90 Å². The highest BCUT2D eigenvalue weighted by molar-refractivity contribution is 6.35. The number of halogens is 5. The molecular formula is C16H8F5NO. The van der Waals surface area contributed by atoms with Crippen LogP contribution in [0.15, 0.2) is 24.3 Å². The van der Waals surface area contributed by atoms with E-state index in [0.717, 1.165) is 0 Å². The van der Waals surface area contributed by atoms with E-state index >= 15 is 0 Å². The number of hydrogen-bond acceptors (Lipinski definition) is 1. The lowest BCUT2D eigenvalue weighted by Gasteiger charge is -2.08. The van der Waals surface area contributed by atoms with Gasteiger partial charge >= 0.3 is 0 Å². The van der Waals surface area contributed by atoms with Crippen LogP contribution in [-0.2, 0) is 4.79 Å². The third kappa shape index (κ3) is 2.11. The molecule has 23 heavy (non-hydrogen) atoms. The predicted octanol–water partition coefficient (Wildman–Crippen LogP) is 3.90. The molecule has 0 saturated heterocycles. The normalized spacial score (nSPS) is 15.5. The van der Waals surface area contributed by atoms with Crippen molar-refractivity contribution in [2.24, 2.45) is 0 Å². The maximum Gasteiger partial charge on any atom is 0.258 e. The summed E-state index contributed by atoms with van der Waals surface area (Å²) in [6, 6.07) is 6.38. The van der Waals surface area contributed by atoms with E-state index < -0.39 is 40.6 Å². The van der Waals surface area contributed by atoms with Crippen molar-refractivity contribution in [3.63, 3.8) is 0 Å². The topological polar surface area (TPSA) is 20.3 Å². The van der Waals surface area contributed by atoms with Gasteiger partial charge < -0.3 is 4.90 Å². The molecule has 0 unspecified atom stereocenters. The van der Waals surface area contributed by atoms with Crippen molar-refractivity contribution in [3.8, 4) is 0 Å². The molecule has 1 heterocycles. The molecule has 0 bridgehead atoms. The van der Waals surface area contributed by atoms with Crippen LogP contribution in [0.5, 0.6) is 0 Å². The summed E-state index contributed by atoms with van der Waals surface area (Å²) in [5, 5.41) is 0. The number of carbonyl (C=O) groups excluding carboxylic acids is 1. The summed E-state index contributed by atoms with van der Waals surface area (Å²) in [6.07, 6.45) is 0.681. The van der Waals surface area contributed by atoms with Crippen molar-refractivity contribution in [1.29, 1.82) is 0 Å². The third-order valence-electron chi connectivity index (χ3n) is 3.62. The first-order valence-corrected chi connectivity index (χ1v) is 6.45. The van der Waals surface area contributed by atoms with Gasteiger partial charge in [-0.3, -0.25) is 4.79 Å². The number of anilines is 1. The molecule has 0 radical (unpaired) electrons. The summed E-state index contributed by atoms with van der Waals surface area (Å²) in [4.78, 5) is 13.4. The number of rotatable bonds is 1. The van der Waals surface area contributed by atoms with E-state index in [0.29, 0.717) is 17.3 Å². The minimum absolute atomic E-state index is 0.147. The number of hydrogen-bond donors (Lipinski definition) is 0. The van der Waals surface area contributed by atoms with Gasteiger partial charge in [-0.25, -0.2) is 22.0 Å². The van der Waals surface area contributed by atoms with Crippen LogP contribution in [0.25, 0.3) is 11.6 Å². The Kier molecular flexibility index (Phi) is 3.43. The van der Waals surface area contributed by atoms with Crippen LogP contribution in [0.2, 0.25) is 0 Å². The molecule has 0 fully saturated rings. The average molecular weight is 325 g/mol. The fourth-order valence-corrected chi connectivity index (χ4v) is 2.43. The minimum atomic E-state index is -2.24. The SMILES string of the molecule is CN1C(=O)/C(=C/c2c(F)c(F)c(F)c(F)c2F)c2ccccc21. The summed E-state index contributed by atoms with van der Waals surface area (Å²) in [5.74, 6) is -10.9. The second-order valence-electron chi connectivity index (χ2n) is 4.92. The van der Waals surface area contributed by atoms with E-state index in [1.165, 1.54) is 18.0 Å². The van der Waals surface area contributed by atoms with Crippen molar-refractivity contribution in [3.05, 3.63) is 64.5 Å². The van der Waals surface area contributed by atoms with Gasteiger partial charge in [0.15, 0.2) is 23.3 Å². The molecule has 0 atom stereocenters. The Labute approximate surface area is 127 Å². The number of fused-ring (bicyclic) bond motifs is 1. The standard InChI is InChI=1S/C16H8F5NO/c1-22-10-5-3-2-4-7(10)8(16(22)23)6-9-11(17)13(19)15(21)14(20)12(9)18/h2-6H,1H3/b8-6+. The molecule has 2 aromatic carbocycles. The highest BCUT2D eigenvalue weighted by atomic mass is 19.2. The molecule has 0 spiro atoms. The highest BCUT2D eigenvalue weighted by Crippen LogP contribution is 2.37. The maximum absolute atomic E-state index is 13.8. The second-order valence-corrected chi connectivity index (χ2v) is 4.92. The fourth-order valence-electron chi connectivity index (χ4n) is 2.43. The Morgan fingerprint density at radius 1 is 0.870 bits per heavy atom. The summed E-state index contributed by atoms with van der Waals surface area (Å²) >= 11 is 0. The molecule has 7 heteroatoms. The molecule has 0 aromatic heterocycles. The quantitative estimate of drug-likeness (QED) is 0.337. The number of nitrogens with zero attached hydrogens (tertiary/aromatic N) is 1. The first-order chi connectivity index (χ1) is 10.8. The molecular weight excluding hydrogens is 317 g/mol. The van der Waals surface area contributed by atoms with E-state index in [1.54, 1.807) is 18.2 Å². The largest absolute Gasteiger partial charge is 0.311 e. The zero-order valence-electron chi connectivity index (χ0n) is 11.6. The van der Waals surface area contributed by atoms with Crippen LogP contribution in [0.1, 0.15) is 11.1 Å². The summed E-state index contributed by atoms with van der Waals surface area (Å²) in [5.41, 5.74) is -0.460. The van der Waals surface area contributed by atoms with Crippen LogP contribution in [0, 0.1) is 29.1 Å². The molecule has 118 valence electrons. The molecule has 1 amide bonds. The number of para-hydroxylation sites is 1. The first-order valence-electron chi connectivity index (χ1n) is 6.45. The molecule has 1 aliphatic heterocycles. The van der Waals surface area contributed by atoms with Gasteiger partial charge in [0.2, 0.25) is 5.82 Å². The molecule has 0 N–H and O–H groups in total. The van der Waals surface area contributed by atoms with E-state index in [4.69, 9.17) is 0 Å². The number of amides is 1. The van der Waals surface area contributed by atoms with Crippen LogP contribution >= 0.6 is 0 Å². The Morgan fingerprint density at radius 3 is 2.00 bits per heavy atom. The molecule has 3 rings (SSSR count). The third-order valence-corrected chi connectivity index (χ3v) is 3.62. The van der Waals surface area contributed by atoms with Crippen molar-refractivity contribution in [2.75, 3.05) is 11.9 Å². The maximum atomic E-state index is 13.8. The fraction of sp³-hybridized carbons (Fsp3) is 0.0625. The predicted molar refractivity (Wildman–Crippen MR) is 74.0 cm³/mol. The van der Waals surface area contributed by atoms with Crippen molar-refractivity contribution in [2.45, 2.75) is 0 Å². The smallest absolute Gasteiger partial charge is 0.258 e. The van der Waals surface area contributed by atoms with Gasteiger partial charge in [-0.15, -0.1) is 0 Å². The number of likely N-dealkylation sites (N-methyl/N-ethyl adjacent to an activating group) is 1. The lowest BCUT2D eigenvalue weighted by molar-refractivity contribution is -0.112. The average Bonchev–Trinajstić information content (AvgIpc) is 2.80. The lowest BCUT2D eigenvalue weighted by atomic mass is 10.0. The Bertz CT molecular complexity index is 846. The molecule has 2 nitrogen and oxygen atoms in total. The van der Waals surface area contributed by atoms with E-state index in [2.05, 4.69) is 0 Å². The van der Waals surface area contributed by atoms with Gasteiger partial charge in [-0.1, -0.05) is 18.2 Å². The summed E-state index contributed by atoms with van der Waals surface area (Å²) in [6.45, 7) is 0. The molecule has 1 aliphatic rings. The first kappa shape index (κ1) is 15.2. The van der Waals surface area contributed by atoms with Crippen molar-refractivity contribution >= 4 is 23.2 Å². The Hall–Kier alpha value is -2.70. The highest BCUT2D eigenvalue weighted by Gasteiger charge is 2.31. The number of benzene rings is 2. The van der Waals surface area contributed by atoms with Crippen LogP contribution in [0.3, 0.4) is 0 Å². The minimum Gasteiger partial charge on any atom is -0.311 e. The van der Waals surface area contributed by atoms with Gasteiger partial charge in [-0.05, 0) is 12.1 Å². The van der Waals surface area contributed by atoms with E-state index in [9.17, 15) is 26.7 Å².